The standard InChI is InChI=1S/C20H23N3O3/c1-26-20-11-5-4-10-19(20)22-15-13-21(14-16-22)12-6-8-17-7-2-3-9-18(17)23(24)25/h2-11H,12-16H2,1H3/b8-6+. The molecule has 1 aliphatic rings. The van der Waals surface area contributed by atoms with Crippen molar-refractivity contribution in [2.24, 2.45) is 0 Å². The summed E-state index contributed by atoms with van der Waals surface area (Å²) in [6.07, 6.45) is 3.84. The molecule has 0 spiro atoms. The highest BCUT2D eigenvalue weighted by Gasteiger charge is 2.18. The van der Waals surface area contributed by atoms with E-state index in [1.807, 2.05) is 36.4 Å². The van der Waals surface area contributed by atoms with Gasteiger partial charge in [0, 0.05) is 38.8 Å². The Morgan fingerprint density at radius 1 is 1.08 bits per heavy atom. The van der Waals surface area contributed by atoms with Crippen molar-refractivity contribution in [2.45, 2.75) is 0 Å². The van der Waals surface area contributed by atoms with Crippen LogP contribution in [0.5, 0.6) is 5.75 Å². The second kappa shape index (κ2) is 8.49. The predicted molar refractivity (Wildman–Crippen MR) is 104 cm³/mol. The van der Waals surface area contributed by atoms with Gasteiger partial charge in [-0.1, -0.05) is 36.4 Å². The van der Waals surface area contributed by atoms with Gasteiger partial charge in [-0.2, -0.15) is 0 Å². The molecule has 0 saturated carbocycles. The van der Waals surface area contributed by atoms with E-state index in [4.69, 9.17) is 4.74 Å². The van der Waals surface area contributed by atoms with Crippen molar-refractivity contribution in [2.75, 3.05) is 44.7 Å². The summed E-state index contributed by atoms with van der Waals surface area (Å²) in [6, 6.07) is 14.9. The number of piperazine rings is 1. The molecule has 2 aromatic carbocycles. The summed E-state index contributed by atoms with van der Waals surface area (Å²) in [4.78, 5) is 15.4. The van der Waals surface area contributed by atoms with Crippen molar-refractivity contribution < 1.29 is 9.66 Å². The fraction of sp³-hybridized carbons (Fsp3) is 0.300. The SMILES string of the molecule is COc1ccccc1N1CCN(C/C=C/c2ccccc2[N+](=O)[O-])CC1. The number of nitro benzene ring substituents is 1. The van der Waals surface area contributed by atoms with Crippen molar-refractivity contribution in [3.63, 3.8) is 0 Å². The largest absolute Gasteiger partial charge is 0.495 e. The summed E-state index contributed by atoms with van der Waals surface area (Å²) in [5, 5.41) is 11.1. The first-order valence-electron chi connectivity index (χ1n) is 8.69. The monoisotopic (exact) mass is 353 g/mol. The molecule has 0 N–H and O–H groups in total. The second-order valence-corrected chi connectivity index (χ2v) is 6.18. The summed E-state index contributed by atoms with van der Waals surface area (Å²) < 4.78 is 5.45. The van der Waals surface area contributed by atoms with Crippen molar-refractivity contribution in [3.8, 4) is 5.75 Å². The van der Waals surface area contributed by atoms with Gasteiger partial charge in [0.05, 0.1) is 23.3 Å². The minimum Gasteiger partial charge on any atom is -0.495 e. The van der Waals surface area contributed by atoms with Crippen LogP contribution in [0.1, 0.15) is 5.56 Å². The van der Waals surface area contributed by atoms with Gasteiger partial charge in [-0.3, -0.25) is 15.0 Å². The molecule has 26 heavy (non-hydrogen) atoms. The van der Waals surface area contributed by atoms with Gasteiger partial charge in [-0.05, 0) is 18.2 Å². The van der Waals surface area contributed by atoms with E-state index >= 15 is 0 Å². The molecule has 0 radical (unpaired) electrons. The maximum atomic E-state index is 11.1. The predicted octanol–water partition coefficient (Wildman–Crippen LogP) is 3.44. The van der Waals surface area contributed by atoms with Crippen LogP contribution < -0.4 is 9.64 Å². The van der Waals surface area contributed by atoms with Crippen LogP contribution in [0.2, 0.25) is 0 Å². The molecule has 2 aromatic rings. The minimum atomic E-state index is -0.342. The Kier molecular flexibility index (Phi) is 5.86. The third-order valence-electron chi connectivity index (χ3n) is 4.59. The van der Waals surface area contributed by atoms with Crippen LogP contribution in [0.15, 0.2) is 54.6 Å². The highest BCUT2D eigenvalue weighted by molar-refractivity contribution is 5.61. The maximum Gasteiger partial charge on any atom is 0.276 e. The lowest BCUT2D eigenvalue weighted by Crippen LogP contribution is -2.46. The molecule has 1 aliphatic heterocycles. The summed E-state index contributed by atoms with van der Waals surface area (Å²) in [6.45, 7) is 4.53. The topological polar surface area (TPSA) is 58.8 Å². The summed E-state index contributed by atoms with van der Waals surface area (Å²) in [7, 11) is 1.70. The third kappa shape index (κ3) is 4.21. The van der Waals surface area contributed by atoms with Crippen LogP contribution >= 0.6 is 0 Å². The zero-order valence-electron chi connectivity index (χ0n) is 14.9. The quantitative estimate of drug-likeness (QED) is 0.588. The zero-order chi connectivity index (χ0) is 18.4. The Bertz CT molecular complexity index is 783. The molecule has 1 fully saturated rings. The number of nitro groups is 1. The average Bonchev–Trinajstić information content (AvgIpc) is 2.69. The molecule has 0 aliphatic carbocycles. The fourth-order valence-corrected chi connectivity index (χ4v) is 3.19. The van der Waals surface area contributed by atoms with Crippen LogP contribution in [0, 0.1) is 10.1 Å². The number of anilines is 1. The number of nitrogens with zero attached hydrogens (tertiary/aromatic N) is 3. The zero-order valence-corrected chi connectivity index (χ0v) is 14.9. The highest BCUT2D eigenvalue weighted by Crippen LogP contribution is 2.28. The van der Waals surface area contributed by atoms with Crippen LogP contribution in [0.4, 0.5) is 11.4 Å². The van der Waals surface area contributed by atoms with Crippen molar-refractivity contribution >= 4 is 17.5 Å². The summed E-state index contributed by atoms with van der Waals surface area (Å²) in [5.41, 5.74) is 1.92. The summed E-state index contributed by atoms with van der Waals surface area (Å²) >= 11 is 0. The molecule has 0 aromatic heterocycles. The van der Waals surface area contributed by atoms with Gasteiger partial charge in [0.1, 0.15) is 5.75 Å². The first-order chi connectivity index (χ1) is 12.7. The van der Waals surface area contributed by atoms with Gasteiger partial charge in [0.15, 0.2) is 0 Å². The second-order valence-electron chi connectivity index (χ2n) is 6.18. The lowest BCUT2D eigenvalue weighted by molar-refractivity contribution is -0.385. The Hall–Kier alpha value is -2.86. The maximum absolute atomic E-state index is 11.1. The van der Waals surface area contributed by atoms with E-state index in [0.717, 1.165) is 44.2 Å². The minimum absolute atomic E-state index is 0.143. The van der Waals surface area contributed by atoms with Gasteiger partial charge in [-0.25, -0.2) is 0 Å². The normalized spacial score (nSPS) is 15.3. The highest BCUT2D eigenvalue weighted by atomic mass is 16.6. The van der Waals surface area contributed by atoms with E-state index in [-0.39, 0.29) is 10.6 Å². The third-order valence-corrected chi connectivity index (χ3v) is 4.59. The molecule has 0 unspecified atom stereocenters. The van der Waals surface area contributed by atoms with Gasteiger partial charge >= 0.3 is 0 Å². The molecule has 6 heteroatoms. The van der Waals surface area contributed by atoms with E-state index in [1.165, 1.54) is 6.07 Å². The molecule has 1 saturated heterocycles. The van der Waals surface area contributed by atoms with E-state index in [9.17, 15) is 10.1 Å². The molecular formula is C20H23N3O3. The first-order valence-corrected chi connectivity index (χ1v) is 8.69. The van der Waals surface area contributed by atoms with Gasteiger partial charge in [-0.15, -0.1) is 0 Å². The molecule has 1 heterocycles. The van der Waals surface area contributed by atoms with E-state index in [2.05, 4.69) is 15.9 Å². The van der Waals surface area contributed by atoms with E-state index in [0.29, 0.717) is 5.56 Å². The number of hydrogen-bond donors (Lipinski definition) is 0. The number of para-hydroxylation sites is 3. The van der Waals surface area contributed by atoms with Crippen molar-refractivity contribution in [3.05, 3.63) is 70.3 Å². The number of methoxy groups -OCH3 is 1. The number of hydrogen-bond acceptors (Lipinski definition) is 5. The molecule has 0 bridgehead atoms. The van der Waals surface area contributed by atoms with Gasteiger partial charge in [0.25, 0.3) is 5.69 Å². The smallest absolute Gasteiger partial charge is 0.276 e. The van der Waals surface area contributed by atoms with E-state index in [1.54, 1.807) is 19.2 Å². The lowest BCUT2D eigenvalue weighted by Gasteiger charge is -2.36. The summed E-state index contributed by atoms with van der Waals surface area (Å²) in [5.74, 6) is 0.900. The molecule has 0 amide bonds. The van der Waals surface area contributed by atoms with Crippen LogP contribution in [0.3, 0.4) is 0 Å². The Morgan fingerprint density at radius 3 is 2.50 bits per heavy atom. The average molecular weight is 353 g/mol. The first kappa shape index (κ1) is 17.9. The molecule has 0 atom stereocenters. The van der Waals surface area contributed by atoms with Crippen LogP contribution in [0.25, 0.3) is 6.08 Å². The number of ether oxygens (including phenoxy) is 1. The van der Waals surface area contributed by atoms with Crippen LogP contribution in [-0.2, 0) is 0 Å². The van der Waals surface area contributed by atoms with Gasteiger partial charge < -0.3 is 9.64 Å². The molecule has 136 valence electrons. The Balaban J connectivity index is 1.56. The van der Waals surface area contributed by atoms with Crippen molar-refractivity contribution in [1.82, 2.24) is 4.90 Å². The number of benzene rings is 2. The van der Waals surface area contributed by atoms with Crippen molar-refractivity contribution in [1.29, 1.82) is 0 Å². The Labute approximate surface area is 153 Å². The molecular weight excluding hydrogens is 330 g/mol. The van der Waals surface area contributed by atoms with Gasteiger partial charge in [0.2, 0.25) is 0 Å². The Morgan fingerprint density at radius 2 is 1.77 bits per heavy atom. The fourth-order valence-electron chi connectivity index (χ4n) is 3.19. The lowest BCUT2D eigenvalue weighted by atomic mass is 10.1. The molecule has 3 rings (SSSR count). The number of rotatable bonds is 6. The van der Waals surface area contributed by atoms with Crippen LogP contribution in [-0.4, -0.2) is 49.7 Å². The molecule has 6 nitrogen and oxygen atoms in total. The van der Waals surface area contributed by atoms with E-state index < -0.39 is 0 Å².